The fourth-order valence-electron chi connectivity index (χ4n) is 2.21. The molecular formula is C17H21O4P. The molecule has 118 valence electrons. The van der Waals surface area contributed by atoms with Gasteiger partial charge < -0.3 is 14.5 Å². The summed E-state index contributed by atoms with van der Waals surface area (Å²) in [6.45, 7) is 5.78. The average molecular weight is 320 g/mol. The van der Waals surface area contributed by atoms with E-state index < -0.39 is 7.60 Å². The molecule has 2 N–H and O–H groups in total. The molecule has 0 radical (unpaired) electrons. The van der Waals surface area contributed by atoms with E-state index in [1.807, 2.05) is 24.3 Å². The minimum Gasteiger partial charge on any atom is -0.508 e. The molecule has 0 aliphatic heterocycles. The van der Waals surface area contributed by atoms with Crippen molar-refractivity contribution in [3.8, 4) is 11.5 Å². The minimum atomic E-state index is -3.54. The van der Waals surface area contributed by atoms with Crippen molar-refractivity contribution in [2.45, 2.75) is 26.2 Å². The number of hydrogen-bond donors (Lipinski definition) is 2. The van der Waals surface area contributed by atoms with Crippen molar-refractivity contribution in [1.82, 2.24) is 0 Å². The van der Waals surface area contributed by atoms with Crippen molar-refractivity contribution in [3.63, 3.8) is 0 Å². The third kappa shape index (κ3) is 3.70. The summed E-state index contributed by atoms with van der Waals surface area (Å²) in [6, 6.07) is 14.3. The Balaban J connectivity index is 2.25. The van der Waals surface area contributed by atoms with Crippen LogP contribution in [0.1, 0.15) is 31.9 Å². The first-order chi connectivity index (χ1) is 10.2. The van der Waals surface area contributed by atoms with Gasteiger partial charge in [0.2, 0.25) is 0 Å². The van der Waals surface area contributed by atoms with Crippen LogP contribution in [0.5, 0.6) is 11.5 Å². The third-order valence-electron chi connectivity index (χ3n) is 3.81. The van der Waals surface area contributed by atoms with E-state index in [-0.39, 0.29) is 17.3 Å². The van der Waals surface area contributed by atoms with Gasteiger partial charge in [-0.2, -0.15) is 0 Å². The van der Waals surface area contributed by atoms with E-state index in [0.29, 0.717) is 5.75 Å². The summed E-state index contributed by atoms with van der Waals surface area (Å²) in [5.41, 5.74) is 1.87. The molecule has 0 saturated heterocycles. The standard InChI is InChI=1S/C17H21O4P/c1-4-22(19,20)21-16-11-7-14(8-12-16)17(2,3)13-5-9-15(18)10-6-13/h5-12,18H,4H2,1-3H3,(H,19,20). The Morgan fingerprint density at radius 2 is 1.45 bits per heavy atom. The molecule has 1 unspecified atom stereocenters. The van der Waals surface area contributed by atoms with E-state index >= 15 is 0 Å². The van der Waals surface area contributed by atoms with Crippen LogP contribution < -0.4 is 4.52 Å². The van der Waals surface area contributed by atoms with E-state index in [9.17, 15) is 14.6 Å². The minimum absolute atomic E-state index is 0.0771. The Hall–Kier alpha value is -1.77. The molecule has 0 heterocycles. The van der Waals surface area contributed by atoms with Gasteiger partial charge in [-0.25, -0.2) is 4.57 Å². The lowest BCUT2D eigenvalue weighted by Gasteiger charge is -2.26. The maximum Gasteiger partial charge on any atom is 0.376 e. The summed E-state index contributed by atoms with van der Waals surface area (Å²) in [4.78, 5) is 9.52. The number of phenols is 1. The molecular weight excluding hydrogens is 299 g/mol. The number of hydrogen-bond acceptors (Lipinski definition) is 3. The maximum atomic E-state index is 11.6. The largest absolute Gasteiger partial charge is 0.508 e. The maximum absolute atomic E-state index is 11.6. The van der Waals surface area contributed by atoms with Crippen LogP contribution in [0.2, 0.25) is 0 Å². The van der Waals surface area contributed by atoms with Gasteiger partial charge >= 0.3 is 7.60 Å². The number of aromatic hydroxyl groups is 1. The van der Waals surface area contributed by atoms with Gasteiger partial charge in [0.15, 0.2) is 0 Å². The zero-order valence-corrected chi connectivity index (χ0v) is 13.9. The van der Waals surface area contributed by atoms with Crippen LogP contribution in [-0.2, 0) is 9.98 Å². The topological polar surface area (TPSA) is 66.8 Å². The Morgan fingerprint density at radius 3 is 1.91 bits per heavy atom. The van der Waals surface area contributed by atoms with Crippen LogP contribution in [0.25, 0.3) is 0 Å². The Bertz CT molecular complexity index is 675. The van der Waals surface area contributed by atoms with Crippen molar-refractivity contribution >= 4 is 7.60 Å². The predicted molar refractivity (Wildman–Crippen MR) is 87.7 cm³/mol. The molecule has 0 spiro atoms. The zero-order chi connectivity index (χ0) is 16.4. The van der Waals surface area contributed by atoms with E-state index in [1.54, 1.807) is 31.2 Å². The van der Waals surface area contributed by atoms with Crippen molar-refractivity contribution in [2.24, 2.45) is 0 Å². The molecule has 2 aromatic rings. The van der Waals surface area contributed by atoms with Crippen molar-refractivity contribution in [1.29, 1.82) is 0 Å². The summed E-state index contributed by atoms with van der Waals surface area (Å²) >= 11 is 0. The van der Waals surface area contributed by atoms with Gasteiger partial charge in [0.25, 0.3) is 0 Å². The van der Waals surface area contributed by atoms with Crippen molar-refractivity contribution < 1.29 is 19.1 Å². The molecule has 22 heavy (non-hydrogen) atoms. The monoisotopic (exact) mass is 320 g/mol. The Morgan fingerprint density at radius 1 is 1.00 bits per heavy atom. The first-order valence-electron chi connectivity index (χ1n) is 7.16. The zero-order valence-electron chi connectivity index (χ0n) is 13.0. The molecule has 0 saturated carbocycles. The smallest absolute Gasteiger partial charge is 0.376 e. The van der Waals surface area contributed by atoms with E-state index in [4.69, 9.17) is 4.52 Å². The molecule has 0 aliphatic carbocycles. The van der Waals surface area contributed by atoms with Gasteiger partial charge in [-0.3, -0.25) is 0 Å². The molecule has 1 atom stereocenters. The van der Waals surface area contributed by atoms with Crippen molar-refractivity contribution in [3.05, 3.63) is 59.7 Å². The highest BCUT2D eigenvalue weighted by Crippen LogP contribution is 2.42. The van der Waals surface area contributed by atoms with Crippen LogP contribution >= 0.6 is 7.60 Å². The molecule has 2 rings (SSSR count). The lowest BCUT2D eigenvalue weighted by Crippen LogP contribution is -2.18. The van der Waals surface area contributed by atoms with Crippen LogP contribution in [0.4, 0.5) is 0 Å². The van der Waals surface area contributed by atoms with Crippen LogP contribution in [-0.4, -0.2) is 16.2 Å². The third-order valence-corrected chi connectivity index (χ3v) is 5.11. The van der Waals surface area contributed by atoms with Gasteiger partial charge in [-0.15, -0.1) is 0 Å². The summed E-state index contributed by atoms with van der Waals surface area (Å²) < 4.78 is 16.7. The SMILES string of the molecule is CCP(=O)(O)Oc1ccc(C(C)(C)c2ccc(O)cc2)cc1. The number of benzene rings is 2. The number of phenolic OH excluding ortho intramolecular Hbond substituents is 1. The summed E-state index contributed by atoms with van der Waals surface area (Å²) in [6.07, 6.45) is 0.0771. The van der Waals surface area contributed by atoms with Gasteiger partial charge in [-0.05, 0) is 35.4 Å². The molecule has 5 heteroatoms. The quantitative estimate of drug-likeness (QED) is 0.806. The van der Waals surface area contributed by atoms with Gasteiger partial charge in [0.05, 0.1) is 6.16 Å². The molecule has 0 bridgehead atoms. The lowest BCUT2D eigenvalue weighted by molar-refractivity contribution is 0.381. The first-order valence-corrected chi connectivity index (χ1v) is 8.92. The molecule has 0 aromatic heterocycles. The van der Waals surface area contributed by atoms with Crippen LogP contribution in [0.3, 0.4) is 0 Å². The van der Waals surface area contributed by atoms with Gasteiger partial charge in [0, 0.05) is 5.41 Å². The van der Waals surface area contributed by atoms with E-state index in [1.165, 1.54) is 0 Å². The fraction of sp³-hybridized carbons (Fsp3) is 0.294. The Labute approximate surface area is 130 Å². The fourth-order valence-corrected chi connectivity index (χ4v) is 2.79. The number of rotatable bonds is 5. The highest BCUT2D eigenvalue weighted by atomic mass is 31.2. The lowest BCUT2D eigenvalue weighted by atomic mass is 9.78. The Kier molecular flexibility index (Phi) is 4.64. The average Bonchev–Trinajstić information content (AvgIpc) is 2.48. The molecule has 0 aliphatic rings. The molecule has 4 nitrogen and oxygen atoms in total. The highest BCUT2D eigenvalue weighted by molar-refractivity contribution is 7.53. The van der Waals surface area contributed by atoms with E-state index in [2.05, 4.69) is 13.8 Å². The van der Waals surface area contributed by atoms with Crippen molar-refractivity contribution in [2.75, 3.05) is 6.16 Å². The molecule has 0 fully saturated rings. The normalized spacial score (nSPS) is 14.4. The molecule has 0 amide bonds. The van der Waals surface area contributed by atoms with Gasteiger partial charge in [-0.1, -0.05) is 45.0 Å². The summed E-state index contributed by atoms with van der Waals surface area (Å²) in [5.74, 6) is 0.625. The summed E-state index contributed by atoms with van der Waals surface area (Å²) in [7, 11) is -3.54. The van der Waals surface area contributed by atoms with Gasteiger partial charge in [0.1, 0.15) is 11.5 Å². The predicted octanol–water partition coefficient (Wildman–Crippen LogP) is 4.30. The van der Waals surface area contributed by atoms with Crippen LogP contribution in [0.15, 0.2) is 48.5 Å². The second kappa shape index (κ2) is 6.15. The van der Waals surface area contributed by atoms with E-state index in [0.717, 1.165) is 11.1 Å². The molecule has 2 aromatic carbocycles. The second-order valence-corrected chi connectivity index (χ2v) is 7.83. The summed E-state index contributed by atoms with van der Waals surface area (Å²) in [5, 5.41) is 9.39. The second-order valence-electron chi connectivity index (χ2n) is 5.74. The highest BCUT2D eigenvalue weighted by Gasteiger charge is 2.24. The first kappa shape index (κ1) is 16.6. The van der Waals surface area contributed by atoms with Crippen LogP contribution in [0, 0.1) is 0 Å².